The van der Waals surface area contributed by atoms with Crippen LogP contribution in [0.15, 0.2) is 79.0 Å². The van der Waals surface area contributed by atoms with Crippen LogP contribution in [0.1, 0.15) is 16.8 Å². The second-order valence-corrected chi connectivity index (χ2v) is 6.95. The first-order valence-electron chi connectivity index (χ1n) is 9.60. The van der Waals surface area contributed by atoms with E-state index >= 15 is 0 Å². The van der Waals surface area contributed by atoms with E-state index in [4.69, 9.17) is 4.98 Å². The van der Waals surface area contributed by atoms with E-state index in [0.29, 0.717) is 12.5 Å². The summed E-state index contributed by atoms with van der Waals surface area (Å²) in [6.45, 7) is 4.74. The summed E-state index contributed by atoms with van der Waals surface area (Å²) >= 11 is 0. The molecule has 2 aromatic heterocycles. The molecule has 0 bridgehead atoms. The van der Waals surface area contributed by atoms with Gasteiger partial charge in [0.1, 0.15) is 5.82 Å². The highest BCUT2D eigenvalue weighted by Gasteiger charge is 2.09. The van der Waals surface area contributed by atoms with E-state index in [1.165, 1.54) is 11.1 Å². The van der Waals surface area contributed by atoms with Crippen molar-refractivity contribution < 1.29 is 0 Å². The Morgan fingerprint density at radius 1 is 0.828 bits per heavy atom. The van der Waals surface area contributed by atoms with Gasteiger partial charge in [0.25, 0.3) is 0 Å². The van der Waals surface area contributed by atoms with Gasteiger partial charge in [0.2, 0.25) is 5.95 Å². The number of nitrogens with one attached hydrogen (secondary N) is 2. The summed E-state index contributed by atoms with van der Waals surface area (Å²) in [5.41, 5.74) is 6.27. The van der Waals surface area contributed by atoms with E-state index < -0.39 is 0 Å². The van der Waals surface area contributed by atoms with Gasteiger partial charge in [0.15, 0.2) is 0 Å². The molecule has 4 rings (SSSR count). The van der Waals surface area contributed by atoms with E-state index in [2.05, 4.69) is 52.6 Å². The van der Waals surface area contributed by atoms with E-state index in [-0.39, 0.29) is 0 Å². The van der Waals surface area contributed by atoms with E-state index in [1.807, 2.05) is 54.6 Å². The molecule has 0 saturated carbocycles. The molecular weight excluding hydrogens is 358 g/mol. The Morgan fingerprint density at radius 3 is 2.41 bits per heavy atom. The summed E-state index contributed by atoms with van der Waals surface area (Å²) in [7, 11) is 0. The lowest BCUT2D eigenvalue weighted by Crippen LogP contribution is -2.07. The minimum absolute atomic E-state index is 0.558. The fourth-order valence-corrected chi connectivity index (χ4v) is 3.11. The predicted octanol–water partition coefficient (Wildman–Crippen LogP) is 5.51. The molecule has 29 heavy (non-hydrogen) atoms. The summed E-state index contributed by atoms with van der Waals surface area (Å²) in [5, 5.41) is 6.74. The van der Waals surface area contributed by atoms with Gasteiger partial charge in [-0.1, -0.05) is 54.1 Å². The molecule has 0 aliphatic heterocycles. The van der Waals surface area contributed by atoms with Gasteiger partial charge in [-0.15, -0.1) is 0 Å². The van der Waals surface area contributed by atoms with Crippen LogP contribution in [0.25, 0.3) is 11.3 Å². The molecule has 0 unspecified atom stereocenters. The quantitative estimate of drug-likeness (QED) is 0.461. The maximum absolute atomic E-state index is 4.71. The zero-order valence-electron chi connectivity index (χ0n) is 16.6. The number of anilines is 3. The molecule has 0 aliphatic rings. The van der Waals surface area contributed by atoms with Crippen LogP contribution in [0.5, 0.6) is 0 Å². The van der Waals surface area contributed by atoms with Crippen molar-refractivity contribution in [2.75, 3.05) is 10.6 Å². The standard InChI is InChI=1S/C24H23N5/c1-17-11-12-21(18(2)14-17)27-23-15-22(19-8-4-3-5-9-19)28-24(29-23)26-16-20-10-6-7-13-25-20/h3-15H,16H2,1-2H3,(H2,26,27,28,29). The monoisotopic (exact) mass is 381 g/mol. The van der Waals surface area contributed by atoms with Gasteiger partial charge in [-0.25, -0.2) is 4.98 Å². The van der Waals surface area contributed by atoms with Crippen LogP contribution in [0, 0.1) is 13.8 Å². The zero-order chi connectivity index (χ0) is 20.1. The Labute approximate surface area is 170 Å². The highest BCUT2D eigenvalue weighted by Crippen LogP contribution is 2.25. The molecule has 5 nitrogen and oxygen atoms in total. The Hall–Kier alpha value is -3.73. The Morgan fingerprint density at radius 2 is 1.66 bits per heavy atom. The molecule has 0 radical (unpaired) electrons. The number of hydrogen-bond acceptors (Lipinski definition) is 5. The predicted molar refractivity (Wildman–Crippen MR) is 118 cm³/mol. The van der Waals surface area contributed by atoms with Crippen molar-refractivity contribution in [3.8, 4) is 11.3 Å². The van der Waals surface area contributed by atoms with Crippen molar-refractivity contribution in [2.45, 2.75) is 20.4 Å². The fourth-order valence-electron chi connectivity index (χ4n) is 3.11. The second kappa shape index (κ2) is 8.52. The molecule has 4 aromatic rings. The van der Waals surface area contributed by atoms with Crippen molar-refractivity contribution in [2.24, 2.45) is 0 Å². The fraction of sp³-hybridized carbons (Fsp3) is 0.125. The molecular formula is C24H23N5. The smallest absolute Gasteiger partial charge is 0.225 e. The van der Waals surface area contributed by atoms with Crippen LogP contribution in [-0.2, 0) is 6.54 Å². The molecule has 0 amide bonds. The number of benzene rings is 2. The lowest BCUT2D eigenvalue weighted by Gasteiger charge is -2.13. The molecule has 0 aliphatic carbocycles. The summed E-state index contributed by atoms with van der Waals surface area (Å²) in [6.07, 6.45) is 1.78. The lowest BCUT2D eigenvalue weighted by molar-refractivity contribution is 1.00. The van der Waals surface area contributed by atoms with Gasteiger partial charge in [-0.05, 0) is 37.6 Å². The maximum Gasteiger partial charge on any atom is 0.225 e. The molecule has 0 fully saturated rings. The summed E-state index contributed by atoms with van der Waals surface area (Å²) in [5.74, 6) is 1.30. The minimum atomic E-state index is 0.558. The lowest BCUT2D eigenvalue weighted by atomic mass is 10.1. The first-order chi connectivity index (χ1) is 14.2. The van der Waals surface area contributed by atoms with Gasteiger partial charge < -0.3 is 10.6 Å². The minimum Gasteiger partial charge on any atom is -0.348 e. The SMILES string of the molecule is Cc1ccc(Nc2cc(-c3ccccc3)nc(NCc3ccccn3)n2)c(C)c1. The third-order valence-corrected chi connectivity index (χ3v) is 4.59. The number of rotatable bonds is 6. The van der Waals surface area contributed by atoms with Crippen LogP contribution in [0.3, 0.4) is 0 Å². The molecule has 144 valence electrons. The number of nitrogens with zero attached hydrogens (tertiary/aromatic N) is 3. The molecule has 2 heterocycles. The Balaban J connectivity index is 1.66. The summed E-state index contributed by atoms with van der Waals surface area (Å²) < 4.78 is 0. The van der Waals surface area contributed by atoms with Crippen molar-refractivity contribution in [3.63, 3.8) is 0 Å². The third-order valence-electron chi connectivity index (χ3n) is 4.59. The highest BCUT2D eigenvalue weighted by atomic mass is 15.1. The van der Waals surface area contributed by atoms with Crippen LogP contribution < -0.4 is 10.6 Å². The maximum atomic E-state index is 4.71. The van der Waals surface area contributed by atoms with Crippen molar-refractivity contribution in [1.29, 1.82) is 0 Å². The van der Waals surface area contributed by atoms with E-state index in [9.17, 15) is 0 Å². The van der Waals surface area contributed by atoms with Crippen LogP contribution in [-0.4, -0.2) is 15.0 Å². The summed E-state index contributed by atoms with van der Waals surface area (Å²) in [4.78, 5) is 13.7. The molecule has 0 spiro atoms. The van der Waals surface area contributed by atoms with Gasteiger partial charge in [0.05, 0.1) is 17.9 Å². The van der Waals surface area contributed by atoms with Crippen LogP contribution >= 0.6 is 0 Å². The summed E-state index contributed by atoms with van der Waals surface area (Å²) in [6, 6.07) is 24.3. The molecule has 5 heteroatoms. The number of aromatic nitrogens is 3. The number of aryl methyl sites for hydroxylation is 2. The molecule has 2 N–H and O–H groups in total. The van der Waals surface area contributed by atoms with Gasteiger partial charge >= 0.3 is 0 Å². The largest absolute Gasteiger partial charge is 0.348 e. The van der Waals surface area contributed by atoms with Gasteiger partial charge in [-0.2, -0.15) is 4.98 Å². The first-order valence-corrected chi connectivity index (χ1v) is 9.60. The zero-order valence-corrected chi connectivity index (χ0v) is 16.6. The van der Waals surface area contributed by atoms with Crippen molar-refractivity contribution in [1.82, 2.24) is 15.0 Å². The molecule has 2 aromatic carbocycles. The van der Waals surface area contributed by atoms with Crippen molar-refractivity contribution >= 4 is 17.5 Å². The Bertz CT molecular complexity index is 1090. The average Bonchev–Trinajstić information content (AvgIpc) is 2.75. The van der Waals surface area contributed by atoms with Crippen LogP contribution in [0.4, 0.5) is 17.5 Å². The third kappa shape index (κ3) is 4.76. The van der Waals surface area contributed by atoms with Gasteiger partial charge in [0, 0.05) is 23.5 Å². The van der Waals surface area contributed by atoms with Gasteiger partial charge in [-0.3, -0.25) is 4.98 Å². The first kappa shape index (κ1) is 18.6. The number of pyridine rings is 1. The highest BCUT2D eigenvalue weighted by molar-refractivity contribution is 5.68. The normalized spacial score (nSPS) is 10.6. The van der Waals surface area contributed by atoms with E-state index in [1.54, 1.807) is 6.20 Å². The number of hydrogen-bond donors (Lipinski definition) is 2. The van der Waals surface area contributed by atoms with Crippen LogP contribution in [0.2, 0.25) is 0 Å². The molecule has 0 atom stereocenters. The molecule has 0 saturated heterocycles. The topological polar surface area (TPSA) is 62.7 Å². The van der Waals surface area contributed by atoms with E-state index in [0.717, 1.165) is 28.5 Å². The second-order valence-electron chi connectivity index (χ2n) is 6.95. The average molecular weight is 381 g/mol. The van der Waals surface area contributed by atoms with Crippen molar-refractivity contribution in [3.05, 3.63) is 95.8 Å². The Kier molecular flexibility index (Phi) is 5.47.